The van der Waals surface area contributed by atoms with Crippen LogP contribution in [0.15, 0.2) is 60.7 Å². The summed E-state index contributed by atoms with van der Waals surface area (Å²) in [5.41, 5.74) is -4.08. The van der Waals surface area contributed by atoms with Gasteiger partial charge in [0.15, 0.2) is 0 Å². The number of aliphatic hydroxyl groups excluding tert-OH is 2. The molecule has 0 unspecified atom stereocenters. The molecule has 3 aromatic carbocycles. The number of nitrogens with zero attached hydrogens (tertiary/aromatic N) is 1. The van der Waals surface area contributed by atoms with E-state index in [9.17, 15) is 41.7 Å². The van der Waals surface area contributed by atoms with Gasteiger partial charge in [-0.3, -0.25) is 0 Å². The highest BCUT2D eigenvalue weighted by molar-refractivity contribution is 5.77. The van der Waals surface area contributed by atoms with Gasteiger partial charge in [0.1, 0.15) is 0 Å². The molecule has 36 heavy (non-hydrogen) atoms. The standard InChI is InChI=1S/C26H25F6NO3/c1-16-8-11-22(19-6-4-3-5-7-19)17(2)23(16)33(24(36,25(27,28)29)26(30,31)32)13-18-9-10-20(14-34)21(12-18)15-35/h3-12,34-36H,13-15H2,1-2H3. The normalized spacial score (nSPS) is 12.6. The number of aliphatic hydroxyl groups is 3. The number of aryl methyl sites for hydroxylation is 1. The summed E-state index contributed by atoms with van der Waals surface area (Å²) in [6.07, 6.45) is -12.2. The minimum absolute atomic E-state index is 0.0351. The molecule has 0 aliphatic rings. The van der Waals surface area contributed by atoms with Crippen LogP contribution in [0.4, 0.5) is 32.0 Å². The summed E-state index contributed by atoms with van der Waals surface area (Å²) in [4.78, 5) is -0.0841. The number of benzene rings is 3. The van der Waals surface area contributed by atoms with Crippen molar-refractivity contribution in [3.8, 4) is 11.1 Å². The summed E-state index contributed by atoms with van der Waals surface area (Å²) < 4.78 is 84.6. The van der Waals surface area contributed by atoms with Crippen LogP contribution in [-0.4, -0.2) is 33.4 Å². The van der Waals surface area contributed by atoms with Crippen LogP contribution in [0.2, 0.25) is 0 Å². The largest absolute Gasteiger partial charge is 0.446 e. The Balaban J connectivity index is 2.32. The Morgan fingerprint density at radius 3 is 1.86 bits per heavy atom. The van der Waals surface area contributed by atoms with Crippen molar-refractivity contribution in [1.82, 2.24) is 0 Å². The van der Waals surface area contributed by atoms with Crippen molar-refractivity contribution in [3.05, 3.63) is 88.5 Å². The molecule has 0 fully saturated rings. The summed E-state index contributed by atoms with van der Waals surface area (Å²) >= 11 is 0. The predicted molar refractivity (Wildman–Crippen MR) is 123 cm³/mol. The molecule has 0 saturated heterocycles. The van der Waals surface area contributed by atoms with Crippen molar-refractivity contribution in [2.45, 2.75) is 51.7 Å². The molecule has 0 heterocycles. The van der Waals surface area contributed by atoms with E-state index in [0.29, 0.717) is 11.1 Å². The lowest BCUT2D eigenvalue weighted by atomic mass is 9.94. The first kappa shape index (κ1) is 27.5. The third-order valence-electron chi connectivity index (χ3n) is 6.12. The summed E-state index contributed by atoms with van der Waals surface area (Å²) in [5.74, 6) is 0. The number of hydrogen-bond donors (Lipinski definition) is 3. The first-order valence-corrected chi connectivity index (χ1v) is 10.9. The Morgan fingerprint density at radius 1 is 0.750 bits per heavy atom. The van der Waals surface area contributed by atoms with Crippen molar-refractivity contribution in [2.24, 2.45) is 0 Å². The molecule has 4 nitrogen and oxygen atoms in total. The molecule has 0 bridgehead atoms. The van der Waals surface area contributed by atoms with E-state index < -0.39 is 43.5 Å². The fourth-order valence-corrected chi connectivity index (χ4v) is 4.27. The van der Waals surface area contributed by atoms with Gasteiger partial charge in [-0.2, -0.15) is 26.3 Å². The molecule has 10 heteroatoms. The minimum Gasteiger partial charge on any atom is -0.392 e. The van der Waals surface area contributed by atoms with Gasteiger partial charge in [0.25, 0.3) is 0 Å². The topological polar surface area (TPSA) is 63.9 Å². The molecule has 0 aliphatic heterocycles. The number of hydrogen-bond acceptors (Lipinski definition) is 4. The summed E-state index contributed by atoms with van der Waals surface area (Å²) in [7, 11) is 0. The second-order valence-electron chi connectivity index (χ2n) is 8.44. The monoisotopic (exact) mass is 513 g/mol. The fraction of sp³-hybridized carbons (Fsp3) is 0.308. The molecule has 0 atom stereocenters. The van der Waals surface area contributed by atoms with Crippen LogP contribution in [-0.2, 0) is 19.8 Å². The summed E-state index contributed by atoms with van der Waals surface area (Å²) in [6.45, 7) is 0.707. The first-order chi connectivity index (χ1) is 16.8. The highest BCUT2D eigenvalue weighted by Gasteiger charge is 2.74. The lowest BCUT2D eigenvalue weighted by Gasteiger charge is -2.44. The van der Waals surface area contributed by atoms with Gasteiger partial charge in [-0.05, 0) is 52.8 Å². The van der Waals surface area contributed by atoms with E-state index in [4.69, 9.17) is 0 Å². The van der Waals surface area contributed by atoms with Crippen molar-refractivity contribution in [1.29, 1.82) is 0 Å². The molecule has 0 saturated carbocycles. The molecule has 194 valence electrons. The fourth-order valence-electron chi connectivity index (χ4n) is 4.27. The maximum atomic E-state index is 14.1. The Morgan fingerprint density at radius 2 is 1.33 bits per heavy atom. The van der Waals surface area contributed by atoms with Gasteiger partial charge >= 0.3 is 18.1 Å². The molecule has 0 amide bonds. The molecule has 3 aromatic rings. The zero-order valence-corrected chi connectivity index (χ0v) is 19.5. The predicted octanol–water partition coefficient (Wildman–Crippen LogP) is 5.77. The van der Waals surface area contributed by atoms with Crippen LogP contribution in [0, 0.1) is 13.8 Å². The van der Waals surface area contributed by atoms with E-state index in [1.807, 2.05) is 0 Å². The minimum atomic E-state index is -6.11. The van der Waals surface area contributed by atoms with E-state index in [1.165, 1.54) is 38.1 Å². The third-order valence-corrected chi connectivity index (χ3v) is 6.12. The maximum absolute atomic E-state index is 14.1. The van der Waals surface area contributed by atoms with E-state index in [2.05, 4.69) is 0 Å². The van der Waals surface area contributed by atoms with Gasteiger partial charge < -0.3 is 20.2 Å². The highest BCUT2D eigenvalue weighted by atomic mass is 19.4. The van der Waals surface area contributed by atoms with E-state index in [1.54, 1.807) is 36.4 Å². The maximum Gasteiger partial charge on any atom is 0.446 e. The van der Waals surface area contributed by atoms with Crippen LogP contribution in [0.1, 0.15) is 27.8 Å². The lowest BCUT2D eigenvalue weighted by molar-refractivity contribution is -0.367. The van der Waals surface area contributed by atoms with Crippen LogP contribution in [0.25, 0.3) is 11.1 Å². The van der Waals surface area contributed by atoms with Crippen LogP contribution >= 0.6 is 0 Å². The molecular formula is C26H25F6NO3. The average Bonchev–Trinajstić information content (AvgIpc) is 2.82. The van der Waals surface area contributed by atoms with E-state index in [-0.39, 0.29) is 32.7 Å². The van der Waals surface area contributed by atoms with Gasteiger partial charge in [0.05, 0.1) is 13.2 Å². The number of alkyl halides is 6. The van der Waals surface area contributed by atoms with Crippen molar-refractivity contribution < 1.29 is 41.7 Å². The molecule has 0 radical (unpaired) electrons. The Hall–Kier alpha value is -3.08. The van der Waals surface area contributed by atoms with Crippen molar-refractivity contribution in [2.75, 3.05) is 4.90 Å². The van der Waals surface area contributed by atoms with Crippen LogP contribution in [0.5, 0.6) is 0 Å². The van der Waals surface area contributed by atoms with Crippen LogP contribution < -0.4 is 4.90 Å². The lowest BCUT2D eigenvalue weighted by Crippen LogP contribution is -2.68. The number of rotatable bonds is 7. The molecular weight excluding hydrogens is 488 g/mol. The molecule has 0 aromatic heterocycles. The van der Waals surface area contributed by atoms with Gasteiger partial charge in [0, 0.05) is 12.2 Å². The van der Waals surface area contributed by atoms with E-state index in [0.717, 1.165) is 0 Å². The smallest absolute Gasteiger partial charge is 0.392 e. The second-order valence-corrected chi connectivity index (χ2v) is 8.44. The average molecular weight is 513 g/mol. The second kappa shape index (κ2) is 10.1. The van der Waals surface area contributed by atoms with Crippen LogP contribution in [0.3, 0.4) is 0 Å². The molecule has 0 spiro atoms. The summed E-state index contributed by atoms with van der Waals surface area (Å²) in [5, 5.41) is 29.4. The highest BCUT2D eigenvalue weighted by Crippen LogP contribution is 2.49. The Bertz CT molecular complexity index is 1190. The third kappa shape index (κ3) is 4.93. The van der Waals surface area contributed by atoms with Gasteiger partial charge in [-0.15, -0.1) is 0 Å². The number of anilines is 1. The SMILES string of the molecule is Cc1ccc(-c2ccccc2)c(C)c1N(Cc1ccc(CO)c(CO)c1)C(O)(C(F)(F)F)C(F)(F)F. The molecule has 3 rings (SSSR count). The Kier molecular flexibility index (Phi) is 7.73. The quantitative estimate of drug-likeness (QED) is 0.277. The summed E-state index contributed by atoms with van der Waals surface area (Å²) in [6, 6.07) is 15.2. The zero-order chi connectivity index (χ0) is 26.9. The van der Waals surface area contributed by atoms with Gasteiger partial charge in [-0.25, -0.2) is 0 Å². The van der Waals surface area contributed by atoms with Crippen molar-refractivity contribution in [3.63, 3.8) is 0 Å². The van der Waals surface area contributed by atoms with Gasteiger partial charge in [0.2, 0.25) is 0 Å². The van der Waals surface area contributed by atoms with Gasteiger partial charge in [-0.1, -0.05) is 60.7 Å². The Labute approximate surface area is 204 Å². The zero-order valence-electron chi connectivity index (χ0n) is 19.5. The molecule has 3 N–H and O–H groups in total. The number of halogens is 6. The first-order valence-electron chi connectivity index (χ1n) is 10.9. The van der Waals surface area contributed by atoms with E-state index >= 15 is 0 Å². The van der Waals surface area contributed by atoms with Crippen molar-refractivity contribution >= 4 is 5.69 Å². The molecule has 0 aliphatic carbocycles.